The first-order valence-corrected chi connectivity index (χ1v) is 7.48. The van der Waals surface area contributed by atoms with Crippen molar-refractivity contribution in [2.45, 2.75) is 19.3 Å². The van der Waals surface area contributed by atoms with Gasteiger partial charge in [-0.25, -0.2) is 0 Å². The summed E-state index contributed by atoms with van der Waals surface area (Å²) in [6.07, 6.45) is 2.57. The lowest BCUT2D eigenvalue weighted by atomic mass is 10.0. The van der Waals surface area contributed by atoms with E-state index >= 15 is 0 Å². The van der Waals surface area contributed by atoms with Gasteiger partial charge in [-0.2, -0.15) is 0 Å². The van der Waals surface area contributed by atoms with E-state index < -0.39 is 0 Å². The number of methoxy groups -OCH3 is 3. The van der Waals surface area contributed by atoms with Crippen LogP contribution in [0.25, 0.3) is 0 Å². The largest absolute Gasteiger partial charge is 0.493 e. The minimum atomic E-state index is 0.00109. The second-order valence-corrected chi connectivity index (χ2v) is 5.36. The maximum absolute atomic E-state index is 12.1. The van der Waals surface area contributed by atoms with Crippen LogP contribution in [-0.2, 0) is 4.79 Å². The highest BCUT2D eigenvalue weighted by Crippen LogP contribution is 2.39. The number of carbonyl (C=O) groups is 1. The van der Waals surface area contributed by atoms with Gasteiger partial charge in [0.1, 0.15) is 0 Å². The van der Waals surface area contributed by atoms with E-state index in [1.54, 1.807) is 33.5 Å². The van der Waals surface area contributed by atoms with Gasteiger partial charge in [-0.05, 0) is 31.8 Å². The van der Waals surface area contributed by atoms with Crippen molar-refractivity contribution in [1.82, 2.24) is 5.32 Å². The average Bonchev–Trinajstić information content (AvgIpc) is 3.05. The minimum absolute atomic E-state index is 0.00109. The van der Waals surface area contributed by atoms with Crippen molar-refractivity contribution in [3.63, 3.8) is 0 Å². The van der Waals surface area contributed by atoms with Gasteiger partial charge in [-0.3, -0.25) is 4.79 Å². The van der Waals surface area contributed by atoms with Crippen LogP contribution in [0.3, 0.4) is 0 Å². The van der Waals surface area contributed by atoms with Crippen LogP contribution in [0.4, 0.5) is 5.69 Å². The fourth-order valence-electron chi connectivity index (χ4n) is 2.67. The number of carbonyl (C=O) groups excluding carboxylic acids is 1. The van der Waals surface area contributed by atoms with Gasteiger partial charge in [-0.15, -0.1) is 0 Å². The standard InChI is InChI=1S/C16H24N2O4/c1-20-13-8-12(9-14(21-2)16(13)22-3)18-15(19)5-4-11-6-7-17-10-11/h8-9,11,17H,4-7,10H2,1-3H3,(H,18,19). The Kier molecular flexibility index (Phi) is 5.89. The van der Waals surface area contributed by atoms with Crippen molar-refractivity contribution in [1.29, 1.82) is 0 Å². The molecule has 0 aliphatic carbocycles. The molecule has 122 valence electrons. The van der Waals surface area contributed by atoms with Crippen LogP contribution < -0.4 is 24.8 Å². The fraction of sp³-hybridized carbons (Fsp3) is 0.562. The van der Waals surface area contributed by atoms with Gasteiger partial charge in [-0.1, -0.05) is 0 Å². The van der Waals surface area contributed by atoms with E-state index in [2.05, 4.69) is 10.6 Å². The smallest absolute Gasteiger partial charge is 0.224 e. The molecule has 0 saturated carbocycles. The Morgan fingerprint density at radius 2 is 1.91 bits per heavy atom. The number of rotatable bonds is 7. The van der Waals surface area contributed by atoms with Crippen LogP contribution >= 0.6 is 0 Å². The average molecular weight is 308 g/mol. The highest BCUT2D eigenvalue weighted by Gasteiger charge is 2.17. The van der Waals surface area contributed by atoms with E-state index in [1.807, 2.05) is 0 Å². The van der Waals surface area contributed by atoms with Crippen LogP contribution in [0, 0.1) is 5.92 Å². The lowest BCUT2D eigenvalue weighted by Crippen LogP contribution is -2.15. The molecule has 1 aromatic rings. The quantitative estimate of drug-likeness (QED) is 0.807. The Balaban J connectivity index is 2.00. The number of hydrogen-bond acceptors (Lipinski definition) is 5. The zero-order valence-corrected chi connectivity index (χ0v) is 13.4. The topological polar surface area (TPSA) is 68.8 Å². The monoisotopic (exact) mass is 308 g/mol. The Morgan fingerprint density at radius 1 is 1.23 bits per heavy atom. The molecule has 0 aromatic heterocycles. The first-order valence-electron chi connectivity index (χ1n) is 7.48. The molecule has 0 bridgehead atoms. The zero-order valence-electron chi connectivity index (χ0n) is 13.4. The number of hydrogen-bond donors (Lipinski definition) is 2. The van der Waals surface area contributed by atoms with E-state index in [9.17, 15) is 4.79 Å². The molecule has 6 nitrogen and oxygen atoms in total. The van der Waals surface area contributed by atoms with Gasteiger partial charge in [0.15, 0.2) is 11.5 Å². The Bertz CT molecular complexity index is 488. The SMILES string of the molecule is COc1cc(NC(=O)CCC2CCNC2)cc(OC)c1OC. The van der Waals surface area contributed by atoms with Crippen LogP contribution in [0.5, 0.6) is 17.2 Å². The molecule has 0 spiro atoms. The van der Waals surface area contributed by atoms with E-state index in [4.69, 9.17) is 14.2 Å². The number of nitrogens with one attached hydrogen (secondary N) is 2. The summed E-state index contributed by atoms with van der Waals surface area (Å²) in [4.78, 5) is 12.1. The van der Waals surface area contributed by atoms with E-state index in [-0.39, 0.29) is 5.91 Å². The third-order valence-electron chi connectivity index (χ3n) is 3.89. The summed E-state index contributed by atoms with van der Waals surface area (Å²) >= 11 is 0. The van der Waals surface area contributed by atoms with Crippen LogP contribution in [0.2, 0.25) is 0 Å². The van der Waals surface area contributed by atoms with Gasteiger partial charge >= 0.3 is 0 Å². The van der Waals surface area contributed by atoms with Crippen molar-refractivity contribution in [2.24, 2.45) is 5.92 Å². The molecule has 6 heteroatoms. The van der Waals surface area contributed by atoms with E-state index in [0.29, 0.717) is 35.3 Å². The molecule has 22 heavy (non-hydrogen) atoms. The van der Waals surface area contributed by atoms with Crippen molar-refractivity contribution >= 4 is 11.6 Å². The second-order valence-electron chi connectivity index (χ2n) is 5.36. The summed E-state index contributed by atoms with van der Waals surface area (Å²) in [5, 5.41) is 6.20. The molecule has 0 radical (unpaired) electrons. The molecule has 1 heterocycles. The van der Waals surface area contributed by atoms with Crippen molar-refractivity contribution in [2.75, 3.05) is 39.7 Å². The Morgan fingerprint density at radius 3 is 2.41 bits per heavy atom. The van der Waals surface area contributed by atoms with Crippen molar-refractivity contribution in [3.05, 3.63) is 12.1 Å². The van der Waals surface area contributed by atoms with Crippen molar-refractivity contribution < 1.29 is 19.0 Å². The summed E-state index contributed by atoms with van der Waals surface area (Å²) in [7, 11) is 4.65. The van der Waals surface area contributed by atoms with Gasteiger partial charge in [0, 0.05) is 24.2 Å². The first kappa shape index (κ1) is 16.4. The molecule has 1 aliphatic rings. The van der Waals surface area contributed by atoms with Gasteiger partial charge in [0.05, 0.1) is 21.3 Å². The second kappa shape index (κ2) is 7.89. The van der Waals surface area contributed by atoms with Crippen molar-refractivity contribution in [3.8, 4) is 17.2 Å². The molecule has 2 rings (SSSR count). The highest BCUT2D eigenvalue weighted by molar-refractivity contribution is 5.91. The summed E-state index contributed by atoms with van der Waals surface area (Å²) in [5.41, 5.74) is 0.643. The molecule has 1 aromatic carbocycles. The third kappa shape index (κ3) is 4.04. The molecule has 1 fully saturated rings. The lowest BCUT2D eigenvalue weighted by molar-refractivity contribution is -0.116. The zero-order chi connectivity index (χ0) is 15.9. The minimum Gasteiger partial charge on any atom is -0.493 e. The predicted molar refractivity (Wildman–Crippen MR) is 84.9 cm³/mol. The summed E-state index contributed by atoms with van der Waals surface area (Å²) in [5.74, 6) is 2.17. The summed E-state index contributed by atoms with van der Waals surface area (Å²) < 4.78 is 15.8. The molecular weight excluding hydrogens is 284 g/mol. The van der Waals surface area contributed by atoms with Gasteiger partial charge in [0.25, 0.3) is 0 Å². The molecule has 1 aliphatic heterocycles. The number of benzene rings is 1. The number of ether oxygens (including phenoxy) is 3. The van der Waals surface area contributed by atoms with Gasteiger partial charge in [0.2, 0.25) is 11.7 Å². The molecule has 1 unspecified atom stereocenters. The van der Waals surface area contributed by atoms with Crippen LogP contribution in [0.15, 0.2) is 12.1 Å². The normalized spacial score (nSPS) is 17.1. The number of amides is 1. The highest BCUT2D eigenvalue weighted by atomic mass is 16.5. The first-order chi connectivity index (χ1) is 10.7. The van der Waals surface area contributed by atoms with E-state index in [0.717, 1.165) is 25.9 Å². The van der Waals surface area contributed by atoms with Crippen LogP contribution in [0.1, 0.15) is 19.3 Å². The Hall–Kier alpha value is -1.95. The Labute approximate surface area is 131 Å². The third-order valence-corrected chi connectivity index (χ3v) is 3.89. The molecule has 1 saturated heterocycles. The lowest BCUT2D eigenvalue weighted by Gasteiger charge is -2.15. The number of anilines is 1. The molecule has 1 atom stereocenters. The molecule has 2 N–H and O–H groups in total. The fourth-order valence-corrected chi connectivity index (χ4v) is 2.67. The summed E-state index contributed by atoms with van der Waals surface area (Å²) in [6, 6.07) is 3.47. The van der Waals surface area contributed by atoms with Crippen LogP contribution in [-0.4, -0.2) is 40.3 Å². The predicted octanol–water partition coefficient (Wildman–Crippen LogP) is 2.04. The molecular formula is C16H24N2O4. The maximum atomic E-state index is 12.1. The molecule has 1 amide bonds. The van der Waals surface area contributed by atoms with E-state index in [1.165, 1.54) is 0 Å². The maximum Gasteiger partial charge on any atom is 0.224 e. The summed E-state index contributed by atoms with van der Waals surface area (Å²) in [6.45, 7) is 2.07. The van der Waals surface area contributed by atoms with Gasteiger partial charge < -0.3 is 24.8 Å².